The summed E-state index contributed by atoms with van der Waals surface area (Å²) >= 11 is 1.63. The number of hydrogen-bond donors (Lipinski definition) is 2. The molecule has 1 unspecified atom stereocenters. The first-order valence-electron chi connectivity index (χ1n) is 4.77. The van der Waals surface area contributed by atoms with E-state index in [-0.39, 0.29) is 12.6 Å². The minimum atomic E-state index is 0.193. The van der Waals surface area contributed by atoms with Crippen molar-refractivity contribution in [3.05, 3.63) is 17.0 Å². The summed E-state index contributed by atoms with van der Waals surface area (Å²) in [6.45, 7) is 3.05. The summed E-state index contributed by atoms with van der Waals surface area (Å²) in [4.78, 5) is 1.23. The molecule has 0 amide bonds. The molecule has 0 aliphatic rings. The number of ether oxygens (including phenoxy) is 1. The molecule has 2 N–H and O–H groups in total. The molecule has 0 fully saturated rings. The normalized spacial score (nSPS) is 12.8. The van der Waals surface area contributed by atoms with Crippen LogP contribution in [0.25, 0.3) is 0 Å². The number of hydrogen-bond acceptors (Lipinski definition) is 4. The van der Waals surface area contributed by atoms with Crippen LogP contribution in [0.15, 0.2) is 12.1 Å². The van der Waals surface area contributed by atoms with E-state index in [1.165, 1.54) is 4.88 Å². The third-order valence-corrected chi connectivity index (χ3v) is 3.16. The van der Waals surface area contributed by atoms with Crippen LogP contribution < -0.4 is 10.1 Å². The van der Waals surface area contributed by atoms with Crippen LogP contribution in [-0.4, -0.2) is 24.9 Å². The van der Waals surface area contributed by atoms with Gasteiger partial charge < -0.3 is 15.2 Å². The number of aliphatic hydroxyl groups excluding tert-OH is 1. The summed E-state index contributed by atoms with van der Waals surface area (Å²) < 4.78 is 5.10. The molecule has 3 nitrogen and oxygen atoms in total. The third-order valence-electron chi connectivity index (χ3n) is 2.12. The van der Waals surface area contributed by atoms with Crippen molar-refractivity contribution in [3.63, 3.8) is 0 Å². The largest absolute Gasteiger partial charge is 0.487 e. The van der Waals surface area contributed by atoms with Gasteiger partial charge in [0.1, 0.15) is 0 Å². The Hall–Kier alpha value is -0.580. The molecule has 0 bridgehead atoms. The molecule has 4 heteroatoms. The van der Waals surface area contributed by atoms with E-state index in [1.807, 2.05) is 12.1 Å². The van der Waals surface area contributed by atoms with E-state index in [0.29, 0.717) is 0 Å². The Morgan fingerprint density at radius 2 is 2.36 bits per heavy atom. The lowest BCUT2D eigenvalue weighted by Crippen LogP contribution is -2.30. The van der Waals surface area contributed by atoms with Crippen molar-refractivity contribution in [2.75, 3.05) is 13.7 Å². The Morgan fingerprint density at radius 3 is 2.86 bits per heavy atom. The molecule has 0 aliphatic heterocycles. The quantitative estimate of drug-likeness (QED) is 0.757. The highest BCUT2D eigenvalue weighted by molar-refractivity contribution is 7.13. The minimum absolute atomic E-state index is 0.193. The average molecular weight is 215 g/mol. The first kappa shape index (κ1) is 11.5. The van der Waals surface area contributed by atoms with Crippen LogP contribution in [0.4, 0.5) is 0 Å². The van der Waals surface area contributed by atoms with E-state index < -0.39 is 0 Å². The van der Waals surface area contributed by atoms with Crippen molar-refractivity contribution in [1.82, 2.24) is 5.32 Å². The molecular weight excluding hydrogens is 198 g/mol. The minimum Gasteiger partial charge on any atom is -0.487 e. The van der Waals surface area contributed by atoms with Crippen molar-refractivity contribution < 1.29 is 9.84 Å². The molecule has 1 aromatic heterocycles. The van der Waals surface area contributed by atoms with E-state index in [9.17, 15) is 0 Å². The molecular formula is C10H17NO2S. The fourth-order valence-corrected chi connectivity index (χ4v) is 1.92. The Morgan fingerprint density at radius 1 is 1.57 bits per heavy atom. The lowest BCUT2D eigenvalue weighted by Gasteiger charge is -2.12. The molecule has 0 spiro atoms. The highest BCUT2D eigenvalue weighted by Gasteiger charge is 2.04. The van der Waals surface area contributed by atoms with Crippen molar-refractivity contribution in [1.29, 1.82) is 0 Å². The van der Waals surface area contributed by atoms with Gasteiger partial charge in [0.05, 0.1) is 13.7 Å². The second-order valence-corrected chi connectivity index (χ2v) is 4.22. The SMILES string of the molecule is CCC(CO)NCc1ccc(OC)s1. The molecule has 1 rings (SSSR count). The van der Waals surface area contributed by atoms with Gasteiger partial charge in [-0.05, 0) is 18.6 Å². The van der Waals surface area contributed by atoms with Gasteiger partial charge in [-0.25, -0.2) is 0 Å². The average Bonchev–Trinajstić information content (AvgIpc) is 2.67. The maximum atomic E-state index is 8.97. The Kier molecular flexibility index (Phi) is 4.93. The lowest BCUT2D eigenvalue weighted by molar-refractivity contribution is 0.238. The van der Waals surface area contributed by atoms with Gasteiger partial charge in [-0.1, -0.05) is 6.92 Å². The van der Waals surface area contributed by atoms with Gasteiger partial charge in [-0.2, -0.15) is 0 Å². The fraction of sp³-hybridized carbons (Fsp3) is 0.600. The van der Waals surface area contributed by atoms with E-state index in [1.54, 1.807) is 18.4 Å². The highest BCUT2D eigenvalue weighted by atomic mass is 32.1. The maximum absolute atomic E-state index is 8.97. The van der Waals surface area contributed by atoms with Crippen LogP contribution in [0.3, 0.4) is 0 Å². The van der Waals surface area contributed by atoms with Gasteiger partial charge in [0.25, 0.3) is 0 Å². The third kappa shape index (κ3) is 3.29. The summed E-state index contributed by atoms with van der Waals surface area (Å²) in [6, 6.07) is 4.20. The van der Waals surface area contributed by atoms with Crippen molar-refractivity contribution in [3.8, 4) is 5.06 Å². The summed E-state index contributed by atoms with van der Waals surface area (Å²) in [5, 5.41) is 13.2. The zero-order valence-corrected chi connectivity index (χ0v) is 9.43. The second-order valence-electron chi connectivity index (χ2n) is 3.09. The van der Waals surface area contributed by atoms with Crippen LogP contribution in [0.5, 0.6) is 5.06 Å². The van der Waals surface area contributed by atoms with Crippen molar-refractivity contribution in [2.45, 2.75) is 25.9 Å². The van der Waals surface area contributed by atoms with Crippen LogP contribution in [0.2, 0.25) is 0 Å². The zero-order chi connectivity index (χ0) is 10.4. The number of thiophene rings is 1. The van der Waals surface area contributed by atoms with Crippen LogP contribution in [0, 0.1) is 0 Å². The molecule has 1 atom stereocenters. The van der Waals surface area contributed by atoms with E-state index in [2.05, 4.69) is 12.2 Å². The molecule has 0 radical (unpaired) electrons. The predicted molar refractivity (Wildman–Crippen MR) is 58.9 cm³/mol. The number of methoxy groups -OCH3 is 1. The lowest BCUT2D eigenvalue weighted by atomic mass is 10.2. The molecule has 0 saturated carbocycles. The monoisotopic (exact) mass is 215 g/mol. The van der Waals surface area contributed by atoms with Crippen LogP contribution >= 0.6 is 11.3 Å². The summed E-state index contributed by atoms with van der Waals surface area (Å²) in [7, 11) is 1.67. The molecule has 1 heterocycles. The highest BCUT2D eigenvalue weighted by Crippen LogP contribution is 2.23. The van der Waals surface area contributed by atoms with E-state index in [0.717, 1.165) is 18.0 Å². The van der Waals surface area contributed by atoms with Gasteiger partial charge >= 0.3 is 0 Å². The van der Waals surface area contributed by atoms with Gasteiger partial charge in [0.2, 0.25) is 0 Å². The zero-order valence-electron chi connectivity index (χ0n) is 8.62. The maximum Gasteiger partial charge on any atom is 0.173 e. The van der Waals surface area contributed by atoms with Crippen LogP contribution in [-0.2, 0) is 6.54 Å². The molecule has 14 heavy (non-hydrogen) atoms. The summed E-state index contributed by atoms with van der Waals surface area (Å²) in [5.41, 5.74) is 0. The molecule has 1 aromatic rings. The van der Waals surface area contributed by atoms with E-state index in [4.69, 9.17) is 9.84 Å². The second kappa shape index (κ2) is 6.01. The Bertz CT molecular complexity index is 258. The van der Waals surface area contributed by atoms with Gasteiger partial charge in [0, 0.05) is 17.5 Å². The first-order chi connectivity index (χ1) is 6.80. The first-order valence-corrected chi connectivity index (χ1v) is 5.58. The molecule has 80 valence electrons. The Labute approximate surface area is 88.7 Å². The summed E-state index contributed by atoms with van der Waals surface area (Å²) in [6.07, 6.45) is 0.943. The smallest absolute Gasteiger partial charge is 0.173 e. The Balaban J connectivity index is 2.37. The number of nitrogens with one attached hydrogen (secondary N) is 1. The van der Waals surface area contributed by atoms with Gasteiger partial charge in [-0.15, -0.1) is 11.3 Å². The topological polar surface area (TPSA) is 41.5 Å². The summed E-state index contributed by atoms with van der Waals surface area (Å²) in [5.74, 6) is 0. The molecule has 0 saturated heterocycles. The standard InChI is InChI=1S/C10H17NO2S/c1-3-8(7-12)11-6-9-4-5-10(13-2)14-9/h4-5,8,11-12H,3,6-7H2,1-2H3. The number of rotatable bonds is 6. The fourth-order valence-electron chi connectivity index (χ4n) is 1.15. The molecule has 0 aliphatic carbocycles. The van der Waals surface area contributed by atoms with Gasteiger partial charge in [0.15, 0.2) is 5.06 Å². The van der Waals surface area contributed by atoms with E-state index >= 15 is 0 Å². The van der Waals surface area contributed by atoms with Crippen LogP contribution in [0.1, 0.15) is 18.2 Å². The van der Waals surface area contributed by atoms with Crippen molar-refractivity contribution in [2.24, 2.45) is 0 Å². The molecule has 0 aromatic carbocycles. The van der Waals surface area contributed by atoms with Crippen molar-refractivity contribution >= 4 is 11.3 Å². The number of aliphatic hydroxyl groups is 1. The van der Waals surface area contributed by atoms with Gasteiger partial charge in [-0.3, -0.25) is 0 Å². The predicted octanol–water partition coefficient (Wildman–Crippen LogP) is 1.62.